The number of ether oxygens (including phenoxy) is 6. The fourth-order valence-electron chi connectivity index (χ4n) is 12.1. The predicted octanol–water partition coefficient (Wildman–Crippen LogP) is 9.61. The number of hydrogen-bond donors (Lipinski definition) is 12. The minimum Gasteiger partial charge on any atom is -0.394 e. The molecule has 0 aromatic heterocycles. The molecule has 89 heavy (non-hydrogen) atoms. The van der Waals surface area contributed by atoms with Gasteiger partial charge in [-0.05, 0) is 57.8 Å². The van der Waals surface area contributed by atoms with Crippen LogP contribution in [0.25, 0.3) is 0 Å². The second-order valence-electron chi connectivity index (χ2n) is 25.7. The third-order valence-corrected chi connectivity index (χ3v) is 17.9. The smallest absolute Gasteiger partial charge is 0.220 e. The number of nitrogens with one attached hydrogen (secondary N) is 1. The SMILES string of the molecule is CCCCCCCC/C=C\CCCCCCCCCC(=O)NC(COC1OC(CO)C(OC2OC(CO)C(OC3OC(CO)C(O)C(O)C3O)C(O)C2O)C(O)C1O)C(O)/C=C/CC/C=C/CCCCCCCCCCCCCCCCCCCCCCC. The molecule has 3 heterocycles. The van der Waals surface area contributed by atoms with Crippen molar-refractivity contribution in [2.75, 3.05) is 26.4 Å². The van der Waals surface area contributed by atoms with E-state index in [2.05, 4.69) is 43.5 Å². The van der Waals surface area contributed by atoms with Crippen LogP contribution < -0.4 is 5.32 Å². The molecule has 17 atom stereocenters. The van der Waals surface area contributed by atoms with E-state index < -0.39 is 124 Å². The van der Waals surface area contributed by atoms with E-state index in [1.165, 1.54) is 186 Å². The maximum atomic E-state index is 13.4. The first-order valence-corrected chi connectivity index (χ1v) is 35.7. The van der Waals surface area contributed by atoms with E-state index in [0.29, 0.717) is 12.8 Å². The summed E-state index contributed by atoms with van der Waals surface area (Å²) < 4.78 is 34.3. The molecule has 3 fully saturated rings. The van der Waals surface area contributed by atoms with Crippen LogP contribution in [0.15, 0.2) is 36.5 Å². The van der Waals surface area contributed by atoms with Gasteiger partial charge >= 0.3 is 0 Å². The van der Waals surface area contributed by atoms with Crippen molar-refractivity contribution in [1.82, 2.24) is 5.32 Å². The van der Waals surface area contributed by atoms with Crippen molar-refractivity contribution in [1.29, 1.82) is 0 Å². The summed E-state index contributed by atoms with van der Waals surface area (Å²) in [5, 5.41) is 120. The van der Waals surface area contributed by atoms with Crippen LogP contribution in [0, 0.1) is 0 Å². The van der Waals surface area contributed by atoms with Gasteiger partial charge in [0.2, 0.25) is 5.91 Å². The van der Waals surface area contributed by atoms with Crippen molar-refractivity contribution in [3.05, 3.63) is 36.5 Å². The monoisotopic (exact) mass is 1270 g/mol. The summed E-state index contributed by atoms with van der Waals surface area (Å²) in [4.78, 5) is 13.4. The summed E-state index contributed by atoms with van der Waals surface area (Å²) in [7, 11) is 0. The summed E-state index contributed by atoms with van der Waals surface area (Å²) in [6, 6.07) is -0.992. The molecular formula is C70H129NO18. The Labute approximate surface area is 536 Å². The topological polar surface area (TPSA) is 307 Å². The first-order valence-electron chi connectivity index (χ1n) is 35.7. The third kappa shape index (κ3) is 34.3. The predicted molar refractivity (Wildman–Crippen MR) is 346 cm³/mol. The van der Waals surface area contributed by atoms with Gasteiger partial charge in [0.1, 0.15) is 73.2 Å². The number of carbonyl (C=O) groups is 1. The number of aliphatic hydroxyl groups excluding tert-OH is 11. The minimum absolute atomic E-state index is 0.231. The Morgan fingerprint density at radius 3 is 1.12 bits per heavy atom. The molecule has 0 aromatic carbocycles. The molecule has 0 aliphatic carbocycles. The zero-order valence-corrected chi connectivity index (χ0v) is 55.2. The second-order valence-corrected chi connectivity index (χ2v) is 25.7. The van der Waals surface area contributed by atoms with Gasteiger partial charge in [0.25, 0.3) is 0 Å². The minimum atomic E-state index is -1.98. The summed E-state index contributed by atoms with van der Waals surface area (Å²) >= 11 is 0. The zero-order valence-electron chi connectivity index (χ0n) is 55.2. The largest absolute Gasteiger partial charge is 0.394 e. The first-order chi connectivity index (χ1) is 43.3. The molecule has 0 bridgehead atoms. The highest BCUT2D eigenvalue weighted by Crippen LogP contribution is 2.33. The van der Waals surface area contributed by atoms with Crippen molar-refractivity contribution < 1.29 is 89.4 Å². The highest BCUT2D eigenvalue weighted by Gasteiger charge is 2.53. The summed E-state index contributed by atoms with van der Waals surface area (Å²) in [6.45, 7) is 1.73. The highest BCUT2D eigenvalue weighted by molar-refractivity contribution is 5.76. The molecule has 17 unspecified atom stereocenters. The van der Waals surface area contributed by atoms with Crippen molar-refractivity contribution >= 4 is 5.91 Å². The lowest BCUT2D eigenvalue weighted by Gasteiger charge is -2.48. The zero-order chi connectivity index (χ0) is 64.7. The van der Waals surface area contributed by atoms with Gasteiger partial charge in [-0.3, -0.25) is 4.79 Å². The van der Waals surface area contributed by atoms with E-state index in [9.17, 15) is 61.0 Å². The lowest BCUT2D eigenvalue weighted by atomic mass is 9.96. The molecule has 19 nitrogen and oxygen atoms in total. The number of hydrogen-bond acceptors (Lipinski definition) is 18. The lowest BCUT2D eigenvalue weighted by molar-refractivity contribution is -0.379. The Hall–Kier alpha value is -1.99. The molecule has 3 saturated heterocycles. The molecule has 522 valence electrons. The van der Waals surface area contributed by atoms with Crippen LogP contribution in [-0.4, -0.2) is 193 Å². The molecule has 3 aliphatic rings. The van der Waals surface area contributed by atoms with E-state index >= 15 is 0 Å². The molecule has 1 amide bonds. The number of amides is 1. The number of aliphatic hydroxyl groups is 11. The fourth-order valence-corrected chi connectivity index (χ4v) is 12.1. The van der Waals surface area contributed by atoms with Crippen LogP contribution in [0.2, 0.25) is 0 Å². The molecule has 0 spiro atoms. The average Bonchev–Trinajstić information content (AvgIpc) is 2.22. The standard InChI is InChI=1S/C70H129NO18/c1-3-5-7-9-11-13-15-17-19-21-22-23-24-25-26-27-28-29-30-32-33-35-37-39-41-43-45-47-54(75)53(71-58(76)48-46-44-42-40-38-36-34-31-20-18-16-14-12-10-8-6-4-2)52-84-68-64(82)61(79)66(56(50-73)86-68)89-70-65(83)62(80)67(57(51-74)87-70)88-69-63(81)60(78)59(77)55(49-72)85-69/h18,20,37,39,45,47,53-57,59-70,72-75,77-83H,3-17,19,21-36,38,40-44,46,48-52H2,1-2H3,(H,71,76)/b20-18-,39-37+,47-45+. The lowest BCUT2D eigenvalue weighted by Crippen LogP contribution is -2.66. The molecule has 3 aliphatic heterocycles. The molecule has 0 radical (unpaired) electrons. The molecule has 0 aromatic rings. The Kier molecular flexibility index (Phi) is 47.7. The van der Waals surface area contributed by atoms with Gasteiger partial charge in [0, 0.05) is 6.42 Å². The number of unbranched alkanes of at least 4 members (excludes halogenated alkanes) is 35. The molecule has 12 N–H and O–H groups in total. The number of allylic oxidation sites excluding steroid dienone is 5. The van der Waals surface area contributed by atoms with E-state index in [4.69, 9.17) is 28.4 Å². The van der Waals surface area contributed by atoms with Gasteiger partial charge in [-0.1, -0.05) is 243 Å². The Balaban J connectivity index is 1.44. The van der Waals surface area contributed by atoms with Crippen LogP contribution in [0.3, 0.4) is 0 Å². The number of carbonyl (C=O) groups excluding carboxylic acids is 1. The third-order valence-electron chi connectivity index (χ3n) is 17.9. The van der Waals surface area contributed by atoms with Crippen LogP contribution in [-0.2, 0) is 33.2 Å². The maximum Gasteiger partial charge on any atom is 0.220 e. The summed E-state index contributed by atoms with van der Waals surface area (Å²) in [6.07, 6.45) is 34.2. The van der Waals surface area contributed by atoms with E-state index in [1.54, 1.807) is 6.08 Å². The Morgan fingerprint density at radius 1 is 0.393 bits per heavy atom. The summed E-state index contributed by atoms with van der Waals surface area (Å²) in [5.74, 6) is -0.288. The average molecular weight is 1270 g/mol. The first kappa shape index (κ1) is 81.2. The van der Waals surface area contributed by atoms with Gasteiger partial charge in [-0.15, -0.1) is 0 Å². The second kappa shape index (κ2) is 52.3. The Bertz CT molecular complexity index is 1760. The van der Waals surface area contributed by atoms with Crippen molar-refractivity contribution in [2.24, 2.45) is 0 Å². The van der Waals surface area contributed by atoms with Crippen LogP contribution in [0.5, 0.6) is 0 Å². The van der Waals surface area contributed by atoms with Crippen LogP contribution in [0.1, 0.15) is 271 Å². The quantitative estimate of drug-likeness (QED) is 0.0199. The number of rotatable bonds is 55. The van der Waals surface area contributed by atoms with Gasteiger partial charge in [-0.25, -0.2) is 0 Å². The summed E-state index contributed by atoms with van der Waals surface area (Å²) in [5.41, 5.74) is 0. The molecule has 19 heteroatoms. The Morgan fingerprint density at radius 2 is 0.719 bits per heavy atom. The van der Waals surface area contributed by atoms with Crippen molar-refractivity contribution in [3.8, 4) is 0 Å². The molecule has 0 saturated carbocycles. The fraction of sp³-hybridized carbons (Fsp3) is 0.900. The van der Waals surface area contributed by atoms with Gasteiger partial charge < -0.3 is 89.9 Å². The van der Waals surface area contributed by atoms with Crippen LogP contribution in [0.4, 0.5) is 0 Å². The molecular weight excluding hydrogens is 1140 g/mol. The highest BCUT2D eigenvalue weighted by atomic mass is 16.8. The van der Waals surface area contributed by atoms with E-state index in [-0.39, 0.29) is 18.9 Å². The van der Waals surface area contributed by atoms with Crippen molar-refractivity contribution in [3.63, 3.8) is 0 Å². The van der Waals surface area contributed by atoms with E-state index in [0.717, 1.165) is 51.4 Å². The normalized spacial score (nSPS) is 28.4. The van der Waals surface area contributed by atoms with Gasteiger partial charge in [-0.2, -0.15) is 0 Å². The van der Waals surface area contributed by atoms with Gasteiger partial charge in [0.05, 0.1) is 38.6 Å². The van der Waals surface area contributed by atoms with Crippen LogP contribution >= 0.6 is 0 Å². The van der Waals surface area contributed by atoms with Gasteiger partial charge in [0.15, 0.2) is 18.9 Å². The van der Waals surface area contributed by atoms with Crippen molar-refractivity contribution in [2.45, 2.75) is 375 Å². The van der Waals surface area contributed by atoms with E-state index in [1.807, 2.05) is 6.08 Å². The maximum absolute atomic E-state index is 13.4. The molecule has 3 rings (SSSR count).